The van der Waals surface area contributed by atoms with E-state index in [1.807, 2.05) is 111 Å². The van der Waals surface area contributed by atoms with Crippen LogP contribution in [0.2, 0.25) is 0 Å². The van der Waals surface area contributed by atoms with Crippen LogP contribution >= 0.6 is 0 Å². The zero-order valence-electron chi connectivity index (χ0n) is 39.4. The molecule has 0 bridgehead atoms. The van der Waals surface area contributed by atoms with Gasteiger partial charge in [-0.05, 0) is 74.6 Å². The molecule has 5 amide bonds. The maximum absolute atomic E-state index is 14.6. The zero-order chi connectivity index (χ0) is 48.2. The second kappa shape index (κ2) is 25.8. The Labute approximate surface area is 389 Å². The van der Waals surface area contributed by atoms with E-state index in [4.69, 9.17) is 14.2 Å². The molecule has 0 aliphatic carbocycles. The van der Waals surface area contributed by atoms with E-state index in [2.05, 4.69) is 26.6 Å². The molecule has 0 aliphatic heterocycles. The molecule has 0 radical (unpaired) electrons. The molecule has 0 spiro atoms. The number of rotatable bonds is 23. The fourth-order valence-electron chi connectivity index (χ4n) is 6.86. The minimum absolute atomic E-state index is 0.00291. The van der Waals surface area contributed by atoms with Gasteiger partial charge < -0.3 is 40.8 Å². The van der Waals surface area contributed by atoms with E-state index < -0.39 is 77.6 Å². The molecular weight excluding hydrogens is 839 g/mol. The van der Waals surface area contributed by atoms with Gasteiger partial charge in [-0.3, -0.25) is 19.2 Å². The minimum atomic E-state index is -1.41. The first-order valence-corrected chi connectivity index (χ1v) is 22.5. The first-order chi connectivity index (χ1) is 31.4. The monoisotopic (exact) mass is 905 g/mol. The van der Waals surface area contributed by atoms with Crippen molar-refractivity contribution in [2.45, 2.75) is 124 Å². The van der Waals surface area contributed by atoms with Gasteiger partial charge in [-0.1, -0.05) is 149 Å². The Kier molecular flexibility index (Phi) is 20.4. The number of esters is 1. The molecule has 0 fully saturated rings. The number of alkyl carbamates (subject to hydrolysis) is 1. The van der Waals surface area contributed by atoms with Gasteiger partial charge in [0.15, 0.2) is 0 Å². The summed E-state index contributed by atoms with van der Waals surface area (Å²) in [6, 6.07) is 33.0. The van der Waals surface area contributed by atoms with Crippen LogP contribution < -0.4 is 26.6 Å². The van der Waals surface area contributed by atoms with Crippen molar-refractivity contribution in [2.75, 3.05) is 0 Å². The molecule has 14 nitrogen and oxygen atoms in total. The van der Waals surface area contributed by atoms with E-state index >= 15 is 0 Å². The van der Waals surface area contributed by atoms with Gasteiger partial charge in [0.1, 0.15) is 42.4 Å². The number of ether oxygens (including phenoxy) is 3. The summed E-state index contributed by atoms with van der Waals surface area (Å²) < 4.78 is 17.3. The highest BCUT2D eigenvalue weighted by Crippen LogP contribution is 2.16. The van der Waals surface area contributed by atoms with E-state index in [9.17, 15) is 28.8 Å². The van der Waals surface area contributed by atoms with Gasteiger partial charge in [0.25, 0.3) is 0 Å². The molecule has 1 unspecified atom stereocenters. The molecule has 6 atom stereocenters. The van der Waals surface area contributed by atoms with Crippen molar-refractivity contribution in [1.82, 2.24) is 26.6 Å². The quantitative estimate of drug-likeness (QED) is 0.0312. The first-order valence-electron chi connectivity index (χ1n) is 22.5. The first kappa shape index (κ1) is 52.1. The third-order valence-corrected chi connectivity index (χ3v) is 10.4. The topological polar surface area (TPSA) is 190 Å². The Morgan fingerprint density at radius 1 is 0.515 bits per heavy atom. The van der Waals surface area contributed by atoms with Crippen molar-refractivity contribution in [2.24, 2.45) is 17.8 Å². The molecule has 0 aliphatic rings. The summed E-state index contributed by atoms with van der Waals surface area (Å²) in [7, 11) is 0. The lowest BCUT2D eigenvalue weighted by atomic mass is 9.96. The van der Waals surface area contributed by atoms with Crippen LogP contribution in [0.15, 0.2) is 121 Å². The van der Waals surface area contributed by atoms with E-state index in [0.29, 0.717) is 5.56 Å². The zero-order valence-corrected chi connectivity index (χ0v) is 39.4. The third kappa shape index (κ3) is 18.1. The average molecular weight is 906 g/mol. The van der Waals surface area contributed by atoms with E-state index in [-0.39, 0.29) is 44.3 Å². The van der Waals surface area contributed by atoms with E-state index in [1.165, 1.54) is 0 Å². The normalized spacial score (nSPS) is 14.1. The molecule has 0 saturated carbocycles. The highest BCUT2D eigenvalue weighted by molar-refractivity contribution is 6.02. The Morgan fingerprint density at radius 2 is 0.985 bits per heavy atom. The molecule has 4 rings (SSSR count). The Balaban J connectivity index is 1.61. The number of hydrogen-bond acceptors (Lipinski definition) is 9. The minimum Gasteiger partial charge on any atom is -0.459 e. The molecule has 4 aromatic carbocycles. The fraction of sp³-hybridized carbons (Fsp3) is 0.423. The van der Waals surface area contributed by atoms with Gasteiger partial charge in [0, 0.05) is 6.42 Å². The summed E-state index contributed by atoms with van der Waals surface area (Å²) in [6.45, 7) is 14.3. The standard InChI is InChI=1S/C52H67N5O9/c1-34(2)29-43(50(62)65-33-40-27-19-12-20-28-40)53-49(61)44(36(5)64-32-39-25-17-11-18-26-39)55-46(58)41(30-37-21-13-9-14-22-37)47(59)56-45(35(3)4)57-48(60)42(31-38-23-15-10-16-24-38)54-51(63)66-52(6,7)8/h9-28,34-36,41-45H,29-33H2,1-8H3,(H,53,61)(H,54,63)(H,55,58)(H,56,59)(H,57,60)/t36-,41?,42+,43+,44+,45+/m1/s1. The van der Waals surface area contributed by atoms with Crippen molar-refractivity contribution in [3.05, 3.63) is 144 Å². The van der Waals surface area contributed by atoms with Crippen LogP contribution in [0.1, 0.15) is 84.1 Å². The van der Waals surface area contributed by atoms with Crippen LogP contribution in [-0.2, 0) is 64.2 Å². The summed E-state index contributed by atoms with van der Waals surface area (Å²) in [5.41, 5.74) is 2.22. The molecule has 5 N–H and O–H groups in total. The van der Waals surface area contributed by atoms with Crippen molar-refractivity contribution in [1.29, 1.82) is 0 Å². The molecular formula is C52H67N5O9. The van der Waals surface area contributed by atoms with Crippen LogP contribution in [0.25, 0.3) is 0 Å². The van der Waals surface area contributed by atoms with Crippen molar-refractivity contribution >= 4 is 35.7 Å². The van der Waals surface area contributed by atoms with Crippen LogP contribution in [0.5, 0.6) is 0 Å². The lowest BCUT2D eigenvalue weighted by Crippen LogP contribution is -2.60. The summed E-state index contributed by atoms with van der Waals surface area (Å²) in [4.78, 5) is 84.0. The van der Waals surface area contributed by atoms with Gasteiger partial charge in [-0.2, -0.15) is 0 Å². The van der Waals surface area contributed by atoms with Crippen molar-refractivity contribution in [3.63, 3.8) is 0 Å². The number of amides is 5. The Hall–Kier alpha value is -6.54. The maximum Gasteiger partial charge on any atom is 0.408 e. The predicted octanol–water partition coefficient (Wildman–Crippen LogP) is 6.56. The summed E-state index contributed by atoms with van der Waals surface area (Å²) >= 11 is 0. The number of carbonyl (C=O) groups is 6. The van der Waals surface area contributed by atoms with Gasteiger partial charge in [-0.15, -0.1) is 0 Å². The third-order valence-electron chi connectivity index (χ3n) is 10.4. The van der Waals surface area contributed by atoms with Crippen LogP contribution in [0.4, 0.5) is 4.79 Å². The Bertz CT molecular complexity index is 2150. The average Bonchev–Trinajstić information content (AvgIpc) is 3.28. The second-order valence-electron chi connectivity index (χ2n) is 18.1. The number of hydrogen-bond donors (Lipinski definition) is 5. The van der Waals surface area contributed by atoms with Crippen molar-refractivity contribution in [3.8, 4) is 0 Å². The van der Waals surface area contributed by atoms with Crippen LogP contribution in [0, 0.1) is 17.8 Å². The summed E-state index contributed by atoms with van der Waals surface area (Å²) in [5, 5.41) is 14.0. The van der Waals surface area contributed by atoms with E-state index in [1.54, 1.807) is 65.8 Å². The predicted molar refractivity (Wildman–Crippen MR) is 252 cm³/mol. The molecule has 354 valence electrons. The fourth-order valence-corrected chi connectivity index (χ4v) is 6.86. The van der Waals surface area contributed by atoms with Crippen LogP contribution in [0.3, 0.4) is 0 Å². The number of nitrogens with one attached hydrogen (secondary N) is 5. The highest BCUT2D eigenvalue weighted by atomic mass is 16.6. The lowest BCUT2D eigenvalue weighted by Gasteiger charge is -2.30. The maximum atomic E-state index is 14.6. The molecule has 0 heterocycles. The molecule has 4 aromatic rings. The Morgan fingerprint density at radius 3 is 1.48 bits per heavy atom. The van der Waals surface area contributed by atoms with Crippen molar-refractivity contribution < 1.29 is 43.0 Å². The SMILES string of the molecule is CC(C)C[C@H](NC(=O)[C@@H](NC(=O)C(Cc1ccccc1)C(=O)N[C@@H](NC(=O)[C@H](Cc1ccccc1)NC(=O)OC(C)(C)C)C(C)C)[C@@H](C)OCc1ccccc1)C(=O)OCc1ccccc1. The van der Waals surface area contributed by atoms with E-state index in [0.717, 1.165) is 16.7 Å². The van der Waals surface area contributed by atoms with Gasteiger partial charge in [0.2, 0.25) is 23.6 Å². The number of benzene rings is 4. The molecule has 14 heteroatoms. The van der Waals surface area contributed by atoms with Gasteiger partial charge in [-0.25, -0.2) is 9.59 Å². The number of carbonyl (C=O) groups excluding carboxylic acids is 6. The summed E-state index contributed by atoms with van der Waals surface area (Å²) in [6.07, 6.45) is -2.43. The highest BCUT2D eigenvalue weighted by Gasteiger charge is 2.37. The summed E-state index contributed by atoms with van der Waals surface area (Å²) in [5.74, 6) is -5.28. The lowest BCUT2D eigenvalue weighted by molar-refractivity contribution is -0.150. The smallest absolute Gasteiger partial charge is 0.408 e. The molecule has 0 saturated heterocycles. The largest absolute Gasteiger partial charge is 0.459 e. The van der Waals surface area contributed by atoms with Gasteiger partial charge >= 0.3 is 12.1 Å². The molecule has 66 heavy (non-hydrogen) atoms. The van der Waals surface area contributed by atoms with Gasteiger partial charge in [0.05, 0.1) is 12.7 Å². The second-order valence-corrected chi connectivity index (χ2v) is 18.1. The molecule has 0 aromatic heterocycles. The van der Waals surface area contributed by atoms with Crippen LogP contribution in [-0.4, -0.2) is 71.7 Å².